The number of halogens is 1. The first-order chi connectivity index (χ1) is 13.0. The summed E-state index contributed by atoms with van der Waals surface area (Å²) < 4.78 is 0. The van der Waals surface area contributed by atoms with E-state index in [1.807, 2.05) is 24.3 Å². The molecule has 0 unspecified atom stereocenters. The Bertz CT molecular complexity index is 896. The number of para-hydroxylation sites is 1. The molecule has 2 heterocycles. The van der Waals surface area contributed by atoms with Crippen LogP contribution in [0.4, 0.5) is 5.69 Å². The van der Waals surface area contributed by atoms with Crippen LogP contribution in [0.25, 0.3) is 11.1 Å². The van der Waals surface area contributed by atoms with Crippen LogP contribution in [0.2, 0.25) is 5.02 Å². The molecule has 1 aliphatic heterocycles. The fraction of sp³-hybridized carbons (Fsp3) is 0.300. The first kappa shape index (κ1) is 18.9. The molecule has 0 aliphatic carbocycles. The highest BCUT2D eigenvalue weighted by atomic mass is 35.5. The number of hydrogen-bond donors (Lipinski definition) is 2. The fourth-order valence-corrected chi connectivity index (χ4v) is 3.67. The number of hydrogen-bond acceptors (Lipinski definition) is 5. The molecule has 0 saturated carbocycles. The van der Waals surface area contributed by atoms with Crippen LogP contribution >= 0.6 is 11.6 Å². The molecule has 0 amide bonds. The van der Waals surface area contributed by atoms with Crippen LogP contribution in [-0.2, 0) is 0 Å². The van der Waals surface area contributed by atoms with Gasteiger partial charge in [-0.05, 0) is 25.0 Å². The number of nitrogens with zero attached hydrogens (tertiary/aromatic N) is 4. The molecule has 3 rings (SSSR count). The molecule has 2 N–H and O–H groups in total. The average molecular weight is 381 g/mol. The molecular formula is C20H21ClN6. The van der Waals surface area contributed by atoms with E-state index in [4.69, 9.17) is 22.4 Å². The summed E-state index contributed by atoms with van der Waals surface area (Å²) in [6.45, 7) is 1.50. The lowest BCUT2D eigenvalue weighted by Gasteiger charge is -2.36. The third kappa shape index (κ3) is 3.93. The highest BCUT2D eigenvalue weighted by Gasteiger charge is 2.27. The molecule has 0 bridgehead atoms. The van der Waals surface area contributed by atoms with E-state index in [1.54, 1.807) is 24.3 Å². The van der Waals surface area contributed by atoms with Gasteiger partial charge in [-0.25, -0.2) is 0 Å². The van der Waals surface area contributed by atoms with Crippen molar-refractivity contribution < 1.29 is 0 Å². The minimum atomic E-state index is 0.124. The third-order valence-corrected chi connectivity index (χ3v) is 5.15. The highest BCUT2D eigenvalue weighted by molar-refractivity contribution is 6.30. The lowest BCUT2D eigenvalue weighted by molar-refractivity contribution is 0.473. The second-order valence-corrected chi connectivity index (χ2v) is 7.03. The topological polar surface area (TPSA) is 90.9 Å². The van der Waals surface area contributed by atoms with Crippen molar-refractivity contribution in [2.75, 3.05) is 25.0 Å². The van der Waals surface area contributed by atoms with Crippen LogP contribution in [0.1, 0.15) is 18.4 Å². The van der Waals surface area contributed by atoms with Crippen LogP contribution < -0.4 is 4.90 Å². The number of nitrogens with one attached hydrogen (secondary N) is 2. The van der Waals surface area contributed by atoms with Crippen LogP contribution in [-0.4, -0.2) is 42.2 Å². The quantitative estimate of drug-likeness (QED) is 0.619. The molecule has 2 aromatic rings. The molecule has 1 aliphatic rings. The highest BCUT2D eigenvalue weighted by Crippen LogP contribution is 2.36. The molecule has 0 spiro atoms. The van der Waals surface area contributed by atoms with Gasteiger partial charge in [0.15, 0.2) is 0 Å². The van der Waals surface area contributed by atoms with Gasteiger partial charge >= 0.3 is 0 Å². The van der Waals surface area contributed by atoms with Gasteiger partial charge in [0.1, 0.15) is 11.9 Å². The molecule has 1 fully saturated rings. The van der Waals surface area contributed by atoms with Crippen LogP contribution in [0.15, 0.2) is 36.7 Å². The van der Waals surface area contributed by atoms with Crippen LogP contribution in [0.3, 0.4) is 0 Å². The van der Waals surface area contributed by atoms with Gasteiger partial charge in [0.2, 0.25) is 0 Å². The molecule has 138 valence electrons. The van der Waals surface area contributed by atoms with E-state index in [0.717, 1.165) is 42.7 Å². The van der Waals surface area contributed by atoms with Gasteiger partial charge in [0.05, 0.1) is 22.6 Å². The zero-order chi connectivity index (χ0) is 19.4. The van der Waals surface area contributed by atoms with E-state index in [0.29, 0.717) is 16.4 Å². The van der Waals surface area contributed by atoms with Gasteiger partial charge < -0.3 is 9.80 Å². The number of benzene rings is 1. The van der Waals surface area contributed by atoms with E-state index < -0.39 is 0 Å². The van der Waals surface area contributed by atoms with Crippen molar-refractivity contribution in [1.82, 2.24) is 9.88 Å². The largest absolute Gasteiger partial charge is 0.370 e. The van der Waals surface area contributed by atoms with Gasteiger partial charge in [-0.2, -0.15) is 5.26 Å². The first-order valence-electron chi connectivity index (χ1n) is 8.76. The molecular weight excluding hydrogens is 360 g/mol. The Morgan fingerprint density at radius 3 is 2.74 bits per heavy atom. The number of anilines is 1. The van der Waals surface area contributed by atoms with E-state index in [-0.39, 0.29) is 5.92 Å². The Hall–Kier alpha value is -2.91. The van der Waals surface area contributed by atoms with Crippen molar-refractivity contribution in [3.63, 3.8) is 0 Å². The maximum Gasteiger partial charge on any atom is 0.104 e. The third-order valence-electron chi connectivity index (χ3n) is 4.94. The van der Waals surface area contributed by atoms with Crippen LogP contribution in [0.5, 0.6) is 0 Å². The van der Waals surface area contributed by atoms with Gasteiger partial charge in [-0.1, -0.05) is 23.7 Å². The number of aromatic nitrogens is 1. The van der Waals surface area contributed by atoms with Crippen molar-refractivity contribution in [2.45, 2.75) is 12.8 Å². The molecule has 0 atom stereocenters. The van der Waals surface area contributed by atoms with E-state index in [1.165, 1.54) is 6.34 Å². The zero-order valence-corrected chi connectivity index (χ0v) is 15.9. The van der Waals surface area contributed by atoms with Crippen molar-refractivity contribution in [3.8, 4) is 17.2 Å². The zero-order valence-electron chi connectivity index (χ0n) is 15.1. The lowest BCUT2D eigenvalue weighted by atomic mass is 9.92. The molecule has 6 nitrogen and oxygen atoms in total. The summed E-state index contributed by atoms with van der Waals surface area (Å²) in [6, 6.07) is 9.85. The molecule has 1 saturated heterocycles. The Morgan fingerprint density at radius 2 is 2.11 bits per heavy atom. The summed E-state index contributed by atoms with van der Waals surface area (Å²) in [4.78, 5) is 7.94. The van der Waals surface area contributed by atoms with Gasteiger partial charge in [0.25, 0.3) is 0 Å². The average Bonchev–Trinajstić information content (AvgIpc) is 2.72. The number of nitriles is 1. The second-order valence-electron chi connectivity index (χ2n) is 6.59. The fourth-order valence-electron chi connectivity index (χ4n) is 3.50. The molecule has 7 heteroatoms. The summed E-state index contributed by atoms with van der Waals surface area (Å²) in [5, 5.41) is 25.7. The summed E-state index contributed by atoms with van der Waals surface area (Å²) in [5.74, 6) is 0.593. The van der Waals surface area contributed by atoms with Crippen molar-refractivity contribution >= 4 is 29.5 Å². The minimum Gasteiger partial charge on any atom is -0.370 e. The molecule has 27 heavy (non-hydrogen) atoms. The monoisotopic (exact) mass is 380 g/mol. The Morgan fingerprint density at radius 1 is 1.37 bits per heavy atom. The van der Waals surface area contributed by atoms with Gasteiger partial charge in [-0.15, -0.1) is 0 Å². The Balaban J connectivity index is 1.90. The van der Waals surface area contributed by atoms with E-state index in [9.17, 15) is 5.26 Å². The van der Waals surface area contributed by atoms with Crippen LogP contribution in [0, 0.1) is 28.1 Å². The summed E-state index contributed by atoms with van der Waals surface area (Å²) in [7, 11) is 1.73. The standard InChI is InChI=1S/C20H21ClN6/c1-26(13-23)20(24)14-5-7-27(8-6-14)19-15(10-22)3-2-4-18(19)16-9-17(21)12-25-11-16/h2-4,9,11-14,23-24H,5-8H2,1H3. The summed E-state index contributed by atoms with van der Waals surface area (Å²) >= 11 is 6.12. The van der Waals surface area contributed by atoms with Crippen molar-refractivity contribution in [2.24, 2.45) is 5.92 Å². The molecule has 1 aromatic heterocycles. The van der Waals surface area contributed by atoms with Gasteiger partial charge in [-0.3, -0.25) is 15.8 Å². The van der Waals surface area contributed by atoms with Crippen molar-refractivity contribution in [1.29, 1.82) is 16.1 Å². The maximum absolute atomic E-state index is 9.64. The Labute approximate surface area is 164 Å². The predicted octanol–water partition coefficient (Wildman–Crippen LogP) is 4.01. The van der Waals surface area contributed by atoms with Gasteiger partial charge in [0, 0.05) is 49.6 Å². The molecule has 0 radical (unpaired) electrons. The lowest BCUT2D eigenvalue weighted by Crippen LogP contribution is -2.41. The SMILES string of the molecule is CN(C=N)C(=N)C1CCN(c2c(C#N)cccc2-c2cncc(Cl)c2)CC1. The number of amidine groups is 1. The van der Waals surface area contributed by atoms with E-state index >= 15 is 0 Å². The number of rotatable bonds is 4. The number of piperidine rings is 1. The summed E-state index contributed by atoms with van der Waals surface area (Å²) in [5.41, 5.74) is 3.34. The first-order valence-corrected chi connectivity index (χ1v) is 9.13. The maximum atomic E-state index is 9.64. The Kier molecular flexibility index (Phi) is 5.72. The normalized spacial score (nSPS) is 14.5. The van der Waals surface area contributed by atoms with Crippen molar-refractivity contribution in [3.05, 3.63) is 47.2 Å². The molecule has 1 aromatic carbocycles. The predicted molar refractivity (Wildman–Crippen MR) is 109 cm³/mol. The summed E-state index contributed by atoms with van der Waals surface area (Å²) in [6.07, 6.45) is 6.14. The minimum absolute atomic E-state index is 0.124. The smallest absolute Gasteiger partial charge is 0.104 e. The second kappa shape index (κ2) is 8.19. The van der Waals surface area contributed by atoms with E-state index in [2.05, 4.69) is 16.0 Å². The number of pyridine rings is 1.